The number of rotatable bonds is 6. The number of aliphatic hydroxyl groups is 1. The zero-order valence-corrected chi connectivity index (χ0v) is 21.4. The monoisotopic (exact) mass is 520 g/mol. The third-order valence-corrected chi connectivity index (χ3v) is 6.04. The van der Waals surface area contributed by atoms with E-state index in [0.717, 1.165) is 0 Å². The molecule has 3 aromatic rings. The second kappa shape index (κ2) is 10.4. The number of pyridine rings is 1. The minimum atomic E-state index is -1.08. The summed E-state index contributed by atoms with van der Waals surface area (Å²) in [6.07, 6.45) is 1.19. The smallest absolute Gasteiger partial charge is 0.338 e. The maximum atomic E-state index is 13.4. The van der Waals surface area contributed by atoms with Crippen molar-refractivity contribution in [3.63, 3.8) is 0 Å². The zero-order valence-electron chi connectivity index (χ0n) is 20.7. The summed E-state index contributed by atoms with van der Waals surface area (Å²) in [6, 6.07) is 13.5. The Bertz CT molecular complexity index is 1420. The average Bonchev–Trinajstić information content (AvgIpc) is 3.13. The quantitative estimate of drug-likeness (QED) is 0.205. The van der Waals surface area contributed by atoms with E-state index in [2.05, 4.69) is 4.98 Å². The molecule has 37 heavy (non-hydrogen) atoms. The van der Waals surface area contributed by atoms with E-state index in [0.29, 0.717) is 11.3 Å². The first-order valence-electron chi connectivity index (χ1n) is 11.5. The molecule has 8 nitrogen and oxygen atoms in total. The van der Waals surface area contributed by atoms with Gasteiger partial charge in [0.05, 0.1) is 40.6 Å². The lowest BCUT2D eigenvalue weighted by Crippen LogP contribution is -2.30. The molecule has 9 heteroatoms. The van der Waals surface area contributed by atoms with E-state index in [4.69, 9.17) is 21.1 Å². The summed E-state index contributed by atoms with van der Waals surface area (Å²) in [4.78, 5) is 44.9. The molecule has 1 atom stereocenters. The van der Waals surface area contributed by atoms with E-state index in [9.17, 15) is 19.5 Å². The number of hydrogen-bond acceptors (Lipinski definition) is 7. The van der Waals surface area contributed by atoms with Crippen molar-refractivity contribution in [2.24, 2.45) is 0 Å². The van der Waals surface area contributed by atoms with Crippen LogP contribution in [0.4, 0.5) is 5.69 Å². The number of methoxy groups -OCH3 is 1. The van der Waals surface area contributed by atoms with E-state index in [1.807, 2.05) is 0 Å². The fourth-order valence-corrected chi connectivity index (χ4v) is 4.59. The number of aliphatic hydroxyl groups excluding tert-OH is 1. The number of aromatic nitrogens is 1. The Labute approximate surface area is 219 Å². The number of carbonyl (C=O) groups is 3. The Kier molecular flexibility index (Phi) is 7.31. The van der Waals surface area contributed by atoms with Crippen molar-refractivity contribution in [2.75, 3.05) is 12.0 Å². The van der Waals surface area contributed by atoms with Crippen LogP contribution in [0.5, 0.6) is 5.75 Å². The van der Waals surface area contributed by atoms with E-state index in [1.165, 1.54) is 24.3 Å². The number of hydrogen-bond donors (Lipinski definition) is 1. The van der Waals surface area contributed by atoms with Crippen molar-refractivity contribution < 1.29 is 29.0 Å². The minimum absolute atomic E-state index is 0.161. The first kappa shape index (κ1) is 25.9. The summed E-state index contributed by atoms with van der Waals surface area (Å²) >= 11 is 6.33. The molecule has 2 aromatic carbocycles. The van der Waals surface area contributed by atoms with Crippen LogP contribution in [0.15, 0.2) is 66.4 Å². The van der Waals surface area contributed by atoms with E-state index in [1.54, 1.807) is 69.3 Å². The molecular weight excluding hydrogens is 496 g/mol. The number of carbonyl (C=O) groups excluding carboxylic acids is 3. The van der Waals surface area contributed by atoms with Crippen LogP contribution in [0, 0.1) is 6.92 Å². The second-order valence-corrected chi connectivity index (χ2v) is 9.16. The van der Waals surface area contributed by atoms with Crippen LogP contribution in [0.25, 0.3) is 5.76 Å². The fraction of sp³-hybridized carbons (Fsp3) is 0.214. The third kappa shape index (κ3) is 4.93. The molecule has 1 saturated heterocycles. The molecule has 0 aliphatic carbocycles. The number of ether oxygens (including phenoxy) is 2. The van der Waals surface area contributed by atoms with E-state index < -0.39 is 29.5 Å². The van der Waals surface area contributed by atoms with Crippen LogP contribution in [0.3, 0.4) is 0 Å². The maximum Gasteiger partial charge on any atom is 0.338 e. The molecule has 1 aromatic heterocycles. The van der Waals surface area contributed by atoms with Gasteiger partial charge in [-0.2, -0.15) is 0 Å². The van der Waals surface area contributed by atoms with Gasteiger partial charge in [0, 0.05) is 11.9 Å². The minimum Gasteiger partial charge on any atom is -0.507 e. The molecule has 190 valence electrons. The van der Waals surface area contributed by atoms with Crippen LogP contribution in [-0.2, 0) is 14.3 Å². The Morgan fingerprint density at radius 2 is 1.86 bits per heavy atom. The van der Waals surface area contributed by atoms with Gasteiger partial charge in [0.1, 0.15) is 17.6 Å². The summed E-state index contributed by atoms with van der Waals surface area (Å²) in [5.41, 5.74) is 1.52. The summed E-state index contributed by atoms with van der Waals surface area (Å²) in [6.45, 7) is 5.24. The number of nitrogens with zero attached hydrogens (tertiary/aromatic N) is 2. The van der Waals surface area contributed by atoms with Gasteiger partial charge in [-0.15, -0.1) is 0 Å². The zero-order chi connectivity index (χ0) is 26.9. The SMILES string of the molecule is COc1c(Cl)cc(C)cc1/C(O)=C1\C(=O)C(=O)N(c2cccc(C(=O)OC(C)C)c2)C1c1ccccn1. The van der Waals surface area contributed by atoms with Crippen molar-refractivity contribution in [2.45, 2.75) is 32.9 Å². The van der Waals surface area contributed by atoms with Crippen LogP contribution in [0.1, 0.15) is 47.1 Å². The van der Waals surface area contributed by atoms with Gasteiger partial charge < -0.3 is 14.6 Å². The molecular formula is C28H25ClN2O6. The summed E-state index contributed by atoms with van der Waals surface area (Å²) in [5.74, 6) is -2.65. The van der Waals surface area contributed by atoms with Gasteiger partial charge >= 0.3 is 5.97 Å². The standard InChI is InChI=1S/C28H25ClN2O6/c1-15(2)37-28(35)17-8-7-9-18(14-17)31-23(21-10-5-6-11-30-21)22(25(33)27(31)34)24(32)19-12-16(3)13-20(29)26(19)36-4/h5-15,23,32H,1-4H3/b24-22+. The molecule has 0 radical (unpaired) electrons. The highest BCUT2D eigenvalue weighted by Crippen LogP contribution is 2.44. The largest absolute Gasteiger partial charge is 0.507 e. The first-order valence-corrected chi connectivity index (χ1v) is 11.9. The molecule has 1 aliphatic rings. The molecule has 1 fully saturated rings. The van der Waals surface area contributed by atoms with Crippen molar-refractivity contribution >= 4 is 40.7 Å². The van der Waals surface area contributed by atoms with Crippen molar-refractivity contribution in [3.8, 4) is 5.75 Å². The predicted octanol–water partition coefficient (Wildman–Crippen LogP) is 5.24. The highest BCUT2D eigenvalue weighted by molar-refractivity contribution is 6.51. The molecule has 4 rings (SSSR count). The van der Waals surface area contributed by atoms with Crippen molar-refractivity contribution in [1.29, 1.82) is 0 Å². The number of ketones is 1. The number of amides is 1. The van der Waals surface area contributed by atoms with Crippen LogP contribution in [0.2, 0.25) is 5.02 Å². The van der Waals surface area contributed by atoms with Gasteiger partial charge in [0.2, 0.25) is 0 Å². The Hall–Kier alpha value is -4.17. The lowest BCUT2D eigenvalue weighted by atomic mass is 9.97. The van der Waals surface area contributed by atoms with Crippen LogP contribution >= 0.6 is 11.6 Å². The van der Waals surface area contributed by atoms with Crippen molar-refractivity contribution in [3.05, 3.63) is 93.8 Å². The van der Waals surface area contributed by atoms with Crippen molar-refractivity contribution in [1.82, 2.24) is 4.98 Å². The highest BCUT2D eigenvalue weighted by Gasteiger charge is 2.48. The van der Waals surface area contributed by atoms with Gasteiger partial charge in [0.25, 0.3) is 11.7 Å². The molecule has 1 amide bonds. The van der Waals surface area contributed by atoms with E-state index >= 15 is 0 Å². The summed E-state index contributed by atoms with van der Waals surface area (Å²) in [5, 5.41) is 11.7. The fourth-order valence-electron chi connectivity index (χ4n) is 4.24. The number of halogens is 1. The molecule has 0 saturated carbocycles. The summed E-state index contributed by atoms with van der Waals surface area (Å²) in [7, 11) is 1.39. The number of anilines is 1. The predicted molar refractivity (Wildman–Crippen MR) is 139 cm³/mol. The van der Waals surface area contributed by atoms with Gasteiger partial charge in [0.15, 0.2) is 0 Å². The third-order valence-electron chi connectivity index (χ3n) is 5.76. The maximum absolute atomic E-state index is 13.4. The molecule has 1 unspecified atom stereocenters. The number of benzene rings is 2. The van der Waals surface area contributed by atoms with Gasteiger partial charge in [-0.3, -0.25) is 19.5 Å². The second-order valence-electron chi connectivity index (χ2n) is 8.76. The Morgan fingerprint density at radius 3 is 2.51 bits per heavy atom. The number of Topliss-reactive ketones (excluding diaryl/α,β-unsaturated/α-hetero) is 1. The Morgan fingerprint density at radius 1 is 1.11 bits per heavy atom. The lowest BCUT2D eigenvalue weighted by Gasteiger charge is -2.25. The first-order chi connectivity index (χ1) is 17.6. The molecule has 1 aliphatic heterocycles. The van der Waals surface area contributed by atoms with Gasteiger partial charge in [-0.25, -0.2) is 4.79 Å². The number of aryl methyl sites for hydroxylation is 1. The molecule has 0 bridgehead atoms. The van der Waals surface area contributed by atoms with E-state index in [-0.39, 0.29) is 39.3 Å². The molecule has 0 spiro atoms. The lowest BCUT2D eigenvalue weighted by molar-refractivity contribution is -0.132. The average molecular weight is 521 g/mol. The van der Waals surface area contributed by atoms with Crippen LogP contribution < -0.4 is 9.64 Å². The van der Waals surface area contributed by atoms with Gasteiger partial charge in [-0.1, -0.05) is 23.7 Å². The van der Waals surface area contributed by atoms with Gasteiger partial charge in [-0.05, 0) is 68.8 Å². The summed E-state index contributed by atoms with van der Waals surface area (Å²) < 4.78 is 10.7. The topological polar surface area (TPSA) is 106 Å². The molecule has 2 heterocycles. The Balaban J connectivity index is 1.94. The molecule has 1 N–H and O–H groups in total. The highest BCUT2D eigenvalue weighted by atomic mass is 35.5. The van der Waals surface area contributed by atoms with Crippen LogP contribution in [-0.4, -0.2) is 41.0 Å². The number of esters is 1. The normalized spacial score (nSPS) is 16.8.